The van der Waals surface area contributed by atoms with E-state index in [1.807, 2.05) is 13.8 Å². The van der Waals surface area contributed by atoms with Crippen molar-refractivity contribution in [3.8, 4) is 0 Å². The van der Waals surface area contributed by atoms with Gasteiger partial charge in [0, 0.05) is 0 Å². The second-order valence-corrected chi connectivity index (χ2v) is 2.57. The first-order valence-electron chi connectivity index (χ1n) is 3.02. The van der Waals surface area contributed by atoms with E-state index in [4.69, 9.17) is 10.8 Å². The Balaban J connectivity index is 3.50. The van der Waals surface area contributed by atoms with E-state index in [2.05, 4.69) is 0 Å². The number of rotatable bonds is 3. The van der Waals surface area contributed by atoms with Crippen LogP contribution in [0.1, 0.15) is 20.3 Å². The van der Waals surface area contributed by atoms with Crippen LogP contribution in [0.25, 0.3) is 0 Å². The third-order valence-corrected chi connectivity index (χ3v) is 1.04. The highest BCUT2D eigenvalue weighted by Gasteiger charge is 2.11. The van der Waals surface area contributed by atoms with E-state index in [0.29, 0.717) is 12.3 Å². The molecule has 0 bridgehead atoms. The predicted molar refractivity (Wildman–Crippen MR) is 35.1 cm³/mol. The van der Waals surface area contributed by atoms with Gasteiger partial charge in [-0.3, -0.25) is 4.79 Å². The minimum atomic E-state index is -0.913. The number of carbonyl (C=O) groups is 1. The zero-order chi connectivity index (χ0) is 7.44. The summed E-state index contributed by atoms with van der Waals surface area (Å²) in [6.07, 6.45) is 0.551. The fraction of sp³-hybridized carbons (Fsp3) is 0.833. The third-order valence-electron chi connectivity index (χ3n) is 1.04. The van der Waals surface area contributed by atoms with Crippen molar-refractivity contribution in [3.05, 3.63) is 0 Å². The highest BCUT2D eigenvalue weighted by molar-refractivity contribution is 5.72. The second-order valence-electron chi connectivity index (χ2n) is 2.57. The number of aliphatic carboxylic acids is 1. The molecule has 0 rings (SSSR count). The topological polar surface area (TPSA) is 63.3 Å². The highest BCUT2D eigenvalue weighted by Crippen LogP contribution is 2.01. The highest BCUT2D eigenvalue weighted by atomic mass is 16.4. The molecule has 3 N–H and O–H groups in total. The summed E-state index contributed by atoms with van der Waals surface area (Å²) in [5.74, 6) is -0.556. The summed E-state index contributed by atoms with van der Waals surface area (Å²) in [5.41, 5.74) is 5.22. The zero-order valence-electron chi connectivity index (χ0n) is 5.79. The molecule has 0 spiro atoms. The van der Waals surface area contributed by atoms with Gasteiger partial charge in [0.1, 0.15) is 6.04 Å². The molecule has 0 saturated heterocycles. The van der Waals surface area contributed by atoms with E-state index >= 15 is 0 Å². The molecule has 0 fully saturated rings. The van der Waals surface area contributed by atoms with Gasteiger partial charge in [-0.15, -0.1) is 0 Å². The van der Waals surface area contributed by atoms with E-state index in [9.17, 15) is 4.79 Å². The van der Waals surface area contributed by atoms with E-state index in [1.54, 1.807) is 0 Å². The van der Waals surface area contributed by atoms with Crippen molar-refractivity contribution in [2.24, 2.45) is 11.7 Å². The molecule has 0 amide bonds. The van der Waals surface area contributed by atoms with E-state index < -0.39 is 12.0 Å². The van der Waals surface area contributed by atoms with Gasteiger partial charge in [-0.25, -0.2) is 0 Å². The molecule has 0 heterocycles. The van der Waals surface area contributed by atoms with Gasteiger partial charge in [0.05, 0.1) is 0 Å². The van der Waals surface area contributed by atoms with Crippen LogP contribution in [0.15, 0.2) is 0 Å². The van der Waals surface area contributed by atoms with Gasteiger partial charge in [0.2, 0.25) is 0 Å². The van der Waals surface area contributed by atoms with Gasteiger partial charge >= 0.3 is 5.97 Å². The Morgan fingerprint density at radius 2 is 2.11 bits per heavy atom. The number of carboxylic acid groups (broad SMARTS) is 1. The first kappa shape index (κ1) is 8.43. The van der Waals surface area contributed by atoms with Crippen molar-refractivity contribution in [2.45, 2.75) is 26.3 Å². The van der Waals surface area contributed by atoms with E-state index in [-0.39, 0.29) is 0 Å². The van der Waals surface area contributed by atoms with Gasteiger partial charge in [-0.1, -0.05) is 13.8 Å². The van der Waals surface area contributed by atoms with Crippen LogP contribution in [0.5, 0.6) is 0 Å². The van der Waals surface area contributed by atoms with Crippen LogP contribution < -0.4 is 5.73 Å². The summed E-state index contributed by atoms with van der Waals surface area (Å²) in [7, 11) is 0. The van der Waals surface area contributed by atoms with E-state index in [0.717, 1.165) is 0 Å². The van der Waals surface area contributed by atoms with Crippen LogP contribution in [0, 0.1) is 5.92 Å². The molecule has 3 nitrogen and oxygen atoms in total. The largest absolute Gasteiger partial charge is 0.480 e. The van der Waals surface area contributed by atoms with Gasteiger partial charge in [0.25, 0.3) is 0 Å². The smallest absolute Gasteiger partial charge is 0.320 e. The Bertz CT molecular complexity index is 101. The average Bonchev–Trinajstić information content (AvgIpc) is 1.63. The van der Waals surface area contributed by atoms with Gasteiger partial charge in [-0.05, 0) is 12.3 Å². The molecule has 1 atom stereocenters. The van der Waals surface area contributed by atoms with Gasteiger partial charge < -0.3 is 10.8 Å². The van der Waals surface area contributed by atoms with Crippen molar-refractivity contribution in [3.63, 3.8) is 0 Å². The molecule has 0 aliphatic rings. The van der Waals surface area contributed by atoms with Crippen LogP contribution in [-0.4, -0.2) is 17.1 Å². The van der Waals surface area contributed by atoms with Crippen LogP contribution in [0.4, 0.5) is 0 Å². The predicted octanol–water partition coefficient (Wildman–Crippen LogP) is 0.444. The quantitative estimate of drug-likeness (QED) is 0.548. The fourth-order valence-electron chi connectivity index (χ4n) is 0.609. The number of nitrogens with two attached hydrogens (primary N) is 1. The first-order valence-corrected chi connectivity index (χ1v) is 3.02. The molecule has 0 saturated carbocycles. The zero-order valence-corrected chi connectivity index (χ0v) is 5.79. The maximum absolute atomic E-state index is 10.1. The van der Waals surface area contributed by atoms with E-state index in [1.165, 1.54) is 0 Å². The molecule has 0 aromatic rings. The van der Waals surface area contributed by atoms with Crippen LogP contribution in [0.2, 0.25) is 0 Å². The monoisotopic (exact) mass is 132 g/mol. The Morgan fingerprint density at radius 1 is 1.67 bits per heavy atom. The van der Waals surface area contributed by atoms with Crippen molar-refractivity contribution in [1.82, 2.24) is 0 Å². The third kappa shape index (κ3) is 3.97. The summed E-state index contributed by atoms with van der Waals surface area (Å²) in [4.78, 5) is 10.1. The van der Waals surface area contributed by atoms with Crippen LogP contribution >= 0.6 is 0 Å². The fourth-order valence-corrected chi connectivity index (χ4v) is 0.609. The van der Waals surface area contributed by atoms with Gasteiger partial charge in [0.15, 0.2) is 0 Å². The molecule has 0 unspecified atom stereocenters. The van der Waals surface area contributed by atoms with Crippen LogP contribution in [0.3, 0.4) is 0 Å². The average molecular weight is 132 g/mol. The summed E-state index contributed by atoms with van der Waals surface area (Å²) < 4.78 is 0. The molecule has 0 aromatic heterocycles. The number of hydrogen-bond acceptors (Lipinski definition) is 2. The Labute approximate surface area is 54.9 Å². The van der Waals surface area contributed by atoms with Crippen molar-refractivity contribution >= 4 is 5.97 Å². The van der Waals surface area contributed by atoms with Crippen molar-refractivity contribution < 1.29 is 9.90 Å². The normalized spacial score (nSPS) is 13.8. The molecule has 54 valence electrons. The molecule has 0 radical (unpaired) electrons. The van der Waals surface area contributed by atoms with Crippen molar-refractivity contribution in [2.75, 3.05) is 0 Å². The Hall–Kier alpha value is -0.570. The molecule has 0 aromatic carbocycles. The Kier molecular flexibility index (Phi) is 3.24. The first-order chi connectivity index (χ1) is 4.04. The number of hydrogen-bond donors (Lipinski definition) is 2. The SMILES string of the molecule is CC(C)C[C@H]([15NH2])C(=O)O. The number of carboxylic acids is 1. The molecular weight excluding hydrogens is 119 g/mol. The maximum Gasteiger partial charge on any atom is 0.320 e. The lowest BCUT2D eigenvalue weighted by atomic mass is 10.1. The maximum atomic E-state index is 10.1. The minimum absolute atomic E-state index is 0.357. The molecule has 3 heteroatoms. The second kappa shape index (κ2) is 3.45. The summed E-state index contributed by atoms with van der Waals surface area (Å²) >= 11 is 0. The molecule has 9 heavy (non-hydrogen) atoms. The standard InChI is InChI=1S/C6H13NO2/c1-4(2)3-5(7)6(8)9/h4-5H,3,7H2,1-2H3,(H,8,9)/t5-/m0/s1/i7+1. The minimum Gasteiger partial charge on any atom is -0.480 e. The molecule has 0 aliphatic carbocycles. The lowest BCUT2D eigenvalue weighted by molar-refractivity contribution is -0.138. The Morgan fingerprint density at radius 3 is 2.22 bits per heavy atom. The summed E-state index contributed by atoms with van der Waals surface area (Å²) in [6, 6.07) is -0.690. The van der Waals surface area contributed by atoms with Gasteiger partial charge in [-0.2, -0.15) is 0 Å². The summed E-state index contributed by atoms with van der Waals surface area (Å²) in [6.45, 7) is 3.89. The lowest BCUT2D eigenvalue weighted by Crippen LogP contribution is -2.31. The van der Waals surface area contributed by atoms with Crippen molar-refractivity contribution in [1.29, 1.82) is 0 Å². The molecule has 0 aliphatic heterocycles. The molecular formula is C6H13NO2. The lowest BCUT2D eigenvalue weighted by Gasteiger charge is -2.07. The van der Waals surface area contributed by atoms with Crippen LogP contribution in [-0.2, 0) is 4.79 Å². The summed E-state index contributed by atoms with van der Waals surface area (Å²) in [5, 5.41) is 8.31.